The van der Waals surface area contributed by atoms with Crippen LogP contribution in [0.1, 0.15) is 24.5 Å². The van der Waals surface area contributed by atoms with E-state index in [0.29, 0.717) is 22.9 Å². The number of H-pyrrole nitrogens is 1. The van der Waals surface area contributed by atoms with Gasteiger partial charge in [-0.1, -0.05) is 6.07 Å². The van der Waals surface area contributed by atoms with Crippen LogP contribution in [-0.4, -0.2) is 14.6 Å². The Balaban J connectivity index is 1.82. The fourth-order valence-electron chi connectivity index (χ4n) is 2.49. The van der Waals surface area contributed by atoms with Crippen molar-refractivity contribution in [1.29, 1.82) is 0 Å². The topological polar surface area (TPSA) is 62.2 Å². The van der Waals surface area contributed by atoms with Gasteiger partial charge in [-0.15, -0.1) is 0 Å². The van der Waals surface area contributed by atoms with Gasteiger partial charge < -0.3 is 5.32 Å². The number of hydrogen-bond acceptors (Lipinski definition) is 3. The van der Waals surface area contributed by atoms with Crippen LogP contribution in [0, 0.1) is 5.82 Å². The minimum atomic E-state index is -0.331. The predicted molar refractivity (Wildman–Crippen MR) is 77.5 cm³/mol. The molecule has 2 heterocycles. The molecular weight excluding hydrogens is 271 g/mol. The van der Waals surface area contributed by atoms with Crippen LogP contribution in [0.25, 0.3) is 5.65 Å². The molecule has 0 amide bonds. The molecule has 0 bridgehead atoms. The fourth-order valence-corrected chi connectivity index (χ4v) is 2.49. The molecule has 0 unspecified atom stereocenters. The second-order valence-electron chi connectivity index (χ2n) is 5.29. The Morgan fingerprint density at radius 3 is 2.95 bits per heavy atom. The van der Waals surface area contributed by atoms with Gasteiger partial charge >= 0.3 is 0 Å². The first kappa shape index (κ1) is 12.1. The van der Waals surface area contributed by atoms with E-state index in [-0.39, 0.29) is 11.4 Å². The van der Waals surface area contributed by atoms with Crippen molar-refractivity contribution in [2.45, 2.75) is 18.8 Å². The standard InChI is InChI=1S/C15H13FN4O/c16-10-2-1-3-11(6-10)18-12-7-14(21)19-20-13(9-4-5-9)8-17-15(12)20/h1-3,6-9,18H,4-5H2,(H,19,21). The summed E-state index contributed by atoms with van der Waals surface area (Å²) in [4.78, 5) is 16.2. The van der Waals surface area contributed by atoms with Crippen molar-refractivity contribution in [3.05, 3.63) is 58.4 Å². The number of aromatic nitrogens is 3. The van der Waals surface area contributed by atoms with Crippen molar-refractivity contribution in [2.24, 2.45) is 0 Å². The maximum Gasteiger partial charge on any atom is 0.265 e. The number of benzene rings is 1. The minimum absolute atomic E-state index is 0.221. The lowest BCUT2D eigenvalue weighted by Crippen LogP contribution is -2.13. The van der Waals surface area contributed by atoms with E-state index in [1.54, 1.807) is 22.8 Å². The summed E-state index contributed by atoms with van der Waals surface area (Å²) < 4.78 is 15.0. The summed E-state index contributed by atoms with van der Waals surface area (Å²) in [5.41, 5.74) is 2.58. The number of fused-ring (bicyclic) bond motifs is 1. The van der Waals surface area contributed by atoms with Crippen molar-refractivity contribution >= 4 is 17.0 Å². The molecule has 2 N–H and O–H groups in total. The van der Waals surface area contributed by atoms with E-state index in [9.17, 15) is 9.18 Å². The summed E-state index contributed by atoms with van der Waals surface area (Å²) in [6.45, 7) is 0. The van der Waals surface area contributed by atoms with Gasteiger partial charge in [-0.25, -0.2) is 13.9 Å². The normalized spacial score (nSPS) is 14.5. The van der Waals surface area contributed by atoms with Gasteiger partial charge in [-0.2, -0.15) is 0 Å². The lowest BCUT2D eigenvalue weighted by atomic mass is 10.3. The third kappa shape index (κ3) is 2.18. The van der Waals surface area contributed by atoms with Gasteiger partial charge in [0.2, 0.25) is 0 Å². The molecule has 1 saturated carbocycles. The average molecular weight is 284 g/mol. The molecule has 21 heavy (non-hydrogen) atoms. The van der Waals surface area contributed by atoms with Crippen molar-refractivity contribution in [1.82, 2.24) is 14.6 Å². The van der Waals surface area contributed by atoms with Crippen LogP contribution in [0.15, 0.2) is 41.3 Å². The van der Waals surface area contributed by atoms with Crippen LogP contribution < -0.4 is 10.9 Å². The van der Waals surface area contributed by atoms with Crippen molar-refractivity contribution < 1.29 is 4.39 Å². The molecule has 0 spiro atoms. The van der Waals surface area contributed by atoms with Crippen molar-refractivity contribution in [3.63, 3.8) is 0 Å². The zero-order valence-corrected chi connectivity index (χ0v) is 11.1. The number of aromatic amines is 1. The molecule has 0 atom stereocenters. The number of anilines is 2. The highest BCUT2D eigenvalue weighted by atomic mass is 19.1. The second-order valence-corrected chi connectivity index (χ2v) is 5.29. The minimum Gasteiger partial charge on any atom is -0.352 e. The quantitative estimate of drug-likeness (QED) is 0.777. The molecule has 4 rings (SSSR count). The molecule has 2 aromatic heterocycles. The van der Waals surface area contributed by atoms with Gasteiger partial charge in [0, 0.05) is 17.7 Å². The van der Waals surface area contributed by atoms with Gasteiger partial charge in [0.15, 0.2) is 5.65 Å². The Hall–Kier alpha value is -2.63. The van der Waals surface area contributed by atoms with Gasteiger partial charge in [0.05, 0.1) is 17.6 Å². The molecule has 5 nitrogen and oxygen atoms in total. The lowest BCUT2D eigenvalue weighted by molar-refractivity contribution is 0.628. The summed E-state index contributed by atoms with van der Waals surface area (Å²) in [6.07, 6.45) is 4.04. The van der Waals surface area contributed by atoms with Gasteiger partial charge in [-0.05, 0) is 31.0 Å². The van der Waals surface area contributed by atoms with E-state index < -0.39 is 0 Å². The number of hydrogen-bond donors (Lipinski definition) is 2. The van der Waals surface area contributed by atoms with E-state index in [1.807, 2.05) is 0 Å². The second kappa shape index (κ2) is 4.44. The SMILES string of the molecule is O=c1cc(Nc2cccc(F)c2)c2ncc(C3CC3)n2[nH]1. The third-order valence-electron chi connectivity index (χ3n) is 3.63. The first-order valence-electron chi connectivity index (χ1n) is 6.84. The van der Waals surface area contributed by atoms with Crippen LogP contribution in [0.5, 0.6) is 0 Å². The van der Waals surface area contributed by atoms with Gasteiger partial charge in [0.25, 0.3) is 5.56 Å². The highest BCUT2D eigenvalue weighted by molar-refractivity contribution is 5.73. The lowest BCUT2D eigenvalue weighted by Gasteiger charge is -2.08. The van der Waals surface area contributed by atoms with Gasteiger partial charge in [-0.3, -0.25) is 9.89 Å². The Morgan fingerprint density at radius 2 is 2.19 bits per heavy atom. The number of imidazole rings is 1. The van der Waals surface area contributed by atoms with Crippen LogP contribution in [0.3, 0.4) is 0 Å². The number of halogens is 1. The van der Waals surface area contributed by atoms with E-state index in [2.05, 4.69) is 15.4 Å². The van der Waals surface area contributed by atoms with Crippen LogP contribution in [-0.2, 0) is 0 Å². The largest absolute Gasteiger partial charge is 0.352 e. The van der Waals surface area contributed by atoms with Gasteiger partial charge in [0.1, 0.15) is 5.82 Å². The summed E-state index contributed by atoms with van der Waals surface area (Å²) >= 11 is 0. The number of nitrogens with zero attached hydrogens (tertiary/aromatic N) is 2. The van der Waals surface area contributed by atoms with E-state index >= 15 is 0 Å². The molecule has 1 fully saturated rings. The van der Waals surface area contributed by atoms with Crippen LogP contribution in [0.4, 0.5) is 15.8 Å². The third-order valence-corrected chi connectivity index (χ3v) is 3.63. The monoisotopic (exact) mass is 284 g/mol. The molecule has 0 radical (unpaired) electrons. The molecule has 1 aliphatic carbocycles. The summed E-state index contributed by atoms with van der Waals surface area (Å²) in [5, 5.41) is 5.84. The van der Waals surface area contributed by atoms with E-state index in [4.69, 9.17) is 0 Å². The molecule has 1 aromatic carbocycles. The average Bonchev–Trinajstić information content (AvgIpc) is 3.19. The maximum absolute atomic E-state index is 13.3. The van der Waals surface area contributed by atoms with Crippen LogP contribution >= 0.6 is 0 Å². The Kier molecular flexibility index (Phi) is 2.57. The van der Waals surface area contributed by atoms with Crippen LogP contribution in [0.2, 0.25) is 0 Å². The number of nitrogens with one attached hydrogen (secondary N) is 2. The zero-order chi connectivity index (χ0) is 14.4. The van der Waals surface area contributed by atoms with Crippen molar-refractivity contribution in [2.75, 3.05) is 5.32 Å². The Bertz CT molecular complexity index is 879. The highest BCUT2D eigenvalue weighted by Crippen LogP contribution is 2.40. The summed E-state index contributed by atoms with van der Waals surface area (Å²) in [5.74, 6) is 0.142. The first-order chi connectivity index (χ1) is 10.2. The van der Waals surface area contributed by atoms with Crippen molar-refractivity contribution in [3.8, 4) is 0 Å². The molecule has 6 heteroatoms. The molecule has 0 aliphatic heterocycles. The summed E-state index contributed by atoms with van der Waals surface area (Å²) in [7, 11) is 0. The Labute approximate surface area is 119 Å². The Morgan fingerprint density at radius 1 is 1.33 bits per heavy atom. The molecule has 106 valence electrons. The molecule has 0 saturated heterocycles. The molecular formula is C15H13FN4O. The maximum atomic E-state index is 13.3. The smallest absolute Gasteiger partial charge is 0.265 e. The molecule has 3 aromatic rings. The zero-order valence-electron chi connectivity index (χ0n) is 11.1. The fraction of sp³-hybridized carbons (Fsp3) is 0.200. The number of rotatable bonds is 3. The predicted octanol–water partition coefficient (Wildman–Crippen LogP) is 2.78. The first-order valence-corrected chi connectivity index (χ1v) is 6.84. The highest BCUT2D eigenvalue weighted by Gasteiger charge is 2.27. The van der Waals surface area contributed by atoms with E-state index in [1.165, 1.54) is 18.2 Å². The summed E-state index contributed by atoms with van der Waals surface area (Å²) in [6, 6.07) is 7.54. The van der Waals surface area contributed by atoms with E-state index in [0.717, 1.165) is 18.5 Å². The molecule has 1 aliphatic rings.